The molecule has 15 heavy (non-hydrogen) atoms. The Balaban J connectivity index is 2.16. The average molecular weight is 205 g/mol. The average Bonchev–Trinajstić information content (AvgIpc) is 2.30. The Morgan fingerprint density at radius 2 is 2.20 bits per heavy atom. The molecule has 1 fully saturated rings. The first-order valence-electron chi connectivity index (χ1n) is 5.21. The lowest BCUT2D eigenvalue weighted by molar-refractivity contribution is -0.00574. The van der Waals surface area contributed by atoms with Gasteiger partial charge in [-0.3, -0.25) is 4.79 Å². The number of carbonyl (C=O) groups is 1. The van der Waals surface area contributed by atoms with E-state index in [1.54, 1.807) is 4.90 Å². The lowest BCUT2D eigenvalue weighted by atomic mass is 10.1. The predicted octanol–water partition coefficient (Wildman–Crippen LogP) is 1.82. The summed E-state index contributed by atoms with van der Waals surface area (Å²) in [6, 6.07) is 7.66. The van der Waals surface area contributed by atoms with E-state index in [1.807, 2.05) is 31.2 Å². The van der Waals surface area contributed by atoms with E-state index >= 15 is 0 Å². The molecule has 0 unspecified atom stereocenters. The van der Waals surface area contributed by atoms with Crippen molar-refractivity contribution in [1.82, 2.24) is 4.90 Å². The smallest absolute Gasteiger partial charge is 0.255 e. The molecule has 0 bridgehead atoms. The molecule has 0 N–H and O–H groups in total. The predicted molar refractivity (Wildman–Crippen MR) is 57.7 cm³/mol. The lowest BCUT2D eigenvalue weighted by Gasteiger charge is -2.27. The fourth-order valence-corrected chi connectivity index (χ4v) is 1.74. The third-order valence-electron chi connectivity index (χ3n) is 2.63. The molecule has 0 atom stereocenters. The van der Waals surface area contributed by atoms with Crippen LogP contribution < -0.4 is 0 Å². The van der Waals surface area contributed by atoms with Gasteiger partial charge in [0, 0.05) is 12.1 Å². The summed E-state index contributed by atoms with van der Waals surface area (Å²) in [5.41, 5.74) is 1.80. The Morgan fingerprint density at radius 1 is 1.40 bits per heavy atom. The van der Waals surface area contributed by atoms with Gasteiger partial charge >= 0.3 is 0 Å². The number of hydrogen-bond donors (Lipinski definition) is 0. The second kappa shape index (κ2) is 4.45. The van der Waals surface area contributed by atoms with Crippen LogP contribution in [0.25, 0.3) is 0 Å². The van der Waals surface area contributed by atoms with Crippen molar-refractivity contribution in [2.24, 2.45) is 0 Å². The Hall–Kier alpha value is -1.35. The summed E-state index contributed by atoms with van der Waals surface area (Å²) >= 11 is 0. The summed E-state index contributed by atoms with van der Waals surface area (Å²) in [5, 5.41) is 0. The fraction of sp³-hybridized carbons (Fsp3) is 0.417. The van der Waals surface area contributed by atoms with Gasteiger partial charge in [0.15, 0.2) is 0 Å². The largest absolute Gasteiger partial charge is 0.361 e. The second-order valence-electron chi connectivity index (χ2n) is 3.77. The monoisotopic (exact) mass is 205 g/mol. The van der Waals surface area contributed by atoms with E-state index in [1.165, 1.54) is 0 Å². The van der Waals surface area contributed by atoms with Crippen LogP contribution in [0.15, 0.2) is 24.3 Å². The first-order valence-corrected chi connectivity index (χ1v) is 5.21. The zero-order valence-electron chi connectivity index (χ0n) is 8.90. The van der Waals surface area contributed by atoms with Crippen LogP contribution in [0.5, 0.6) is 0 Å². The maximum Gasteiger partial charge on any atom is 0.255 e. The van der Waals surface area contributed by atoms with Crippen LogP contribution in [-0.4, -0.2) is 30.7 Å². The van der Waals surface area contributed by atoms with Crippen molar-refractivity contribution in [2.45, 2.75) is 13.3 Å². The van der Waals surface area contributed by atoms with Crippen LogP contribution in [0.1, 0.15) is 22.3 Å². The standard InChI is InChI=1S/C12H15NO2/c1-10-5-2-3-6-11(10)12(14)13-7-4-8-15-9-13/h2-3,5-6H,4,7-9H2,1H3. The van der Waals surface area contributed by atoms with Crippen molar-refractivity contribution < 1.29 is 9.53 Å². The second-order valence-corrected chi connectivity index (χ2v) is 3.77. The minimum Gasteiger partial charge on any atom is -0.361 e. The van der Waals surface area contributed by atoms with E-state index < -0.39 is 0 Å². The maximum atomic E-state index is 12.1. The first kappa shape index (κ1) is 10.2. The van der Waals surface area contributed by atoms with E-state index in [-0.39, 0.29) is 5.91 Å². The number of carbonyl (C=O) groups excluding carboxylic acids is 1. The van der Waals surface area contributed by atoms with E-state index in [9.17, 15) is 4.79 Å². The molecule has 1 aromatic carbocycles. The molecule has 1 heterocycles. The number of rotatable bonds is 1. The Morgan fingerprint density at radius 3 is 2.87 bits per heavy atom. The highest BCUT2D eigenvalue weighted by Crippen LogP contribution is 2.12. The quantitative estimate of drug-likeness (QED) is 0.699. The van der Waals surface area contributed by atoms with Gasteiger partial charge in [-0.05, 0) is 25.0 Å². The topological polar surface area (TPSA) is 29.5 Å². The molecule has 1 aromatic rings. The zero-order valence-corrected chi connectivity index (χ0v) is 8.90. The summed E-state index contributed by atoms with van der Waals surface area (Å²) in [6.07, 6.45) is 0.928. The van der Waals surface area contributed by atoms with E-state index in [4.69, 9.17) is 4.74 Å². The maximum absolute atomic E-state index is 12.1. The molecule has 3 heteroatoms. The van der Waals surface area contributed by atoms with Crippen molar-refractivity contribution in [3.05, 3.63) is 35.4 Å². The van der Waals surface area contributed by atoms with Crippen molar-refractivity contribution in [2.75, 3.05) is 19.9 Å². The molecule has 80 valence electrons. The highest BCUT2D eigenvalue weighted by atomic mass is 16.5. The molecule has 0 aromatic heterocycles. The molecule has 1 amide bonds. The number of ether oxygens (including phenoxy) is 1. The molecule has 2 rings (SSSR count). The van der Waals surface area contributed by atoms with Gasteiger partial charge in [-0.15, -0.1) is 0 Å². The highest BCUT2D eigenvalue weighted by Gasteiger charge is 2.19. The number of hydrogen-bond acceptors (Lipinski definition) is 2. The molecule has 3 nitrogen and oxygen atoms in total. The third-order valence-corrected chi connectivity index (χ3v) is 2.63. The Labute approximate surface area is 89.7 Å². The molecule has 0 spiro atoms. The molecule has 0 radical (unpaired) electrons. The van der Waals surface area contributed by atoms with Gasteiger partial charge in [-0.1, -0.05) is 18.2 Å². The Bertz CT molecular complexity index is 356. The molecule has 1 aliphatic heterocycles. The lowest BCUT2D eigenvalue weighted by Crippen LogP contribution is -2.38. The summed E-state index contributed by atoms with van der Waals surface area (Å²) in [6.45, 7) is 3.94. The van der Waals surface area contributed by atoms with Gasteiger partial charge in [0.1, 0.15) is 6.73 Å². The van der Waals surface area contributed by atoms with Crippen LogP contribution in [-0.2, 0) is 4.74 Å². The Kier molecular flexibility index (Phi) is 3.02. The van der Waals surface area contributed by atoms with Crippen LogP contribution in [0, 0.1) is 6.92 Å². The summed E-state index contributed by atoms with van der Waals surface area (Å²) in [5.74, 6) is 0.0767. The molecule has 0 saturated carbocycles. The van der Waals surface area contributed by atoms with Gasteiger partial charge in [-0.25, -0.2) is 0 Å². The molecule has 0 aliphatic carbocycles. The first-order chi connectivity index (χ1) is 7.29. The van der Waals surface area contributed by atoms with Gasteiger partial charge in [0.25, 0.3) is 5.91 Å². The molecular formula is C12H15NO2. The number of benzene rings is 1. The molecule has 1 saturated heterocycles. The van der Waals surface area contributed by atoms with E-state index in [0.29, 0.717) is 6.73 Å². The van der Waals surface area contributed by atoms with Crippen molar-refractivity contribution in [3.63, 3.8) is 0 Å². The summed E-state index contributed by atoms with van der Waals surface area (Å²) in [4.78, 5) is 13.8. The van der Waals surface area contributed by atoms with Crippen molar-refractivity contribution >= 4 is 5.91 Å². The van der Waals surface area contributed by atoms with Crippen molar-refractivity contribution in [3.8, 4) is 0 Å². The van der Waals surface area contributed by atoms with Crippen LogP contribution in [0.3, 0.4) is 0 Å². The number of amides is 1. The third kappa shape index (κ3) is 2.18. The zero-order chi connectivity index (χ0) is 10.7. The molecule has 1 aliphatic rings. The van der Waals surface area contributed by atoms with Gasteiger partial charge < -0.3 is 9.64 Å². The van der Waals surface area contributed by atoms with Gasteiger partial charge in [0.2, 0.25) is 0 Å². The number of nitrogens with zero attached hydrogens (tertiary/aromatic N) is 1. The minimum atomic E-state index is 0.0767. The molecular weight excluding hydrogens is 190 g/mol. The van der Waals surface area contributed by atoms with Crippen LogP contribution >= 0.6 is 0 Å². The van der Waals surface area contributed by atoms with E-state index in [2.05, 4.69) is 0 Å². The SMILES string of the molecule is Cc1ccccc1C(=O)N1CCCOC1. The normalized spacial score (nSPS) is 16.5. The van der Waals surface area contributed by atoms with Crippen molar-refractivity contribution in [1.29, 1.82) is 0 Å². The highest BCUT2D eigenvalue weighted by molar-refractivity contribution is 5.95. The summed E-state index contributed by atoms with van der Waals surface area (Å²) < 4.78 is 5.27. The van der Waals surface area contributed by atoms with Crippen LogP contribution in [0.4, 0.5) is 0 Å². The fourth-order valence-electron chi connectivity index (χ4n) is 1.74. The van der Waals surface area contributed by atoms with Gasteiger partial charge in [0.05, 0.1) is 6.61 Å². The summed E-state index contributed by atoms with van der Waals surface area (Å²) in [7, 11) is 0. The number of aryl methyl sites for hydroxylation is 1. The minimum absolute atomic E-state index is 0.0767. The van der Waals surface area contributed by atoms with Crippen LogP contribution in [0.2, 0.25) is 0 Å². The van der Waals surface area contributed by atoms with Gasteiger partial charge in [-0.2, -0.15) is 0 Å². The van der Waals surface area contributed by atoms with E-state index in [0.717, 1.165) is 30.7 Å².